The minimum absolute atomic E-state index is 0.257. The first-order chi connectivity index (χ1) is 6.24. The average Bonchev–Trinajstić information content (AvgIpc) is 2.66. The van der Waals surface area contributed by atoms with Crippen LogP contribution >= 0.6 is 24.0 Å². The van der Waals surface area contributed by atoms with Crippen LogP contribution in [0.3, 0.4) is 0 Å². The van der Waals surface area contributed by atoms with Crippen molar-refractivity contribution in [1.29, 1.82) is 0 Å². The molecule has 0 N–H and O–H groups in total. The molecule has 0 unspecified atom stereocenters. The largest absolute Gasteiger partial charge is 0.468 e. The Labute approximate surface area is 86.1 Å². The molecule has 70 valence electrons. The zero-order chi connectivity index (χ0) is 9.68. The van der Waals surface area contributed by atoms with Crippen molar-refractivity contribution in [3.63, 3.8) is 0 Å². The minimum atomic E-state index is -0.264. The van der Waals surface area contributed by atoms with Gasteiger partial charge in [-0.05, 0) is 12.1 Å². The summed E-state index contributed by atoms with van der Waals surface area (Å²) in [6.07, 6.45) is 3.68. The van der Waals surface area contributed by atoms with Crippen LogP contribution in [0.25, 0.3) is 0 Å². The molecule has 0 aromatic carbocycles. The van der Waals surface area contributed by atoms with Crippen molar-refractivity contribution in [2.24, 2.45) is 0 Å². The van der Waals surface area contributed by atoms with Crippen LogP contribution in [0.15, 0.2) is 24.5 Å². The first kappa shape index (κ1) is 10.3. The van der Waals surface area contributed by atoms with Gasteiger partial charge in [-0.25, -0.2) is 0 Å². The molecule has 0 bridgehead atoms. The van der Waals surface area contributed by atoms with E-state index in [1.54, 1.807) is 4.57 Å². The molecule has 0 atom stereocenters. The van der Waals surface area contributed by atoms with E-state index in [0.29, 0.717) is 4.32 Å². The highest BCUT2D eigenvalue weighted by Crippen LogP contribution is 2.07. The molecule has 1 aromatic heterocycles. The standard InChI is InChI=1S/C8H9NO2S2/c1-11-7(10)6-13-8(12)9-4-2-3-5-9/h2-5H,6H2,1H3. The van der Waals surface area contributed by atoms with Crippen LogP contribution in [-0.2, 0) is 9.53 Å². The number of hydrogen-bond acceptors (Lipinski definition) is 4. The molecular formula is C8H9NO2S2. The maximum absolute atomic E-state index is 10.8. The number of ether oxygens (including phenoxy) is 1. The van der Waals surface area contributed by atoms with Crippen molar-refractivity contribution in [3.8, 4) is 0 Å². The van der Waals surface area contributed by atoms with Crippen molar-refractivity contribution >= 4 is 34.3 Å². The van der Waals surface area contributed by atoms with Gasteiger partial charge in [0.25, 0.3) is 0 Å². The van der Waals surface area contributed by atoms with Gasteiger partial charge in [-0.2, -0.15) is 0 Å². The summed E-state index contributed by atoms with van der Waals surface area (Å²) in [6.45, 7) is 0. The Hall–Kier alpha value is -0.810. The Morgan fingerprint density at radius 1 is 1.54 bits per heavy atom. The van der Waals surface area contributed by atoms with Gasteiger partial charge in [0.2, 0.25) is 0 Å². The predicted molar refractivity (Wildman–Crippen MR) is 56.9 cm³/mol. The third kappa shape index (κ3) is 3.20. The Bertz CT molecular complexity index is 295. The van der Waals surface area contributed by atoms with E-state index in [4.69, 9.17) is 12.2 Å². The first-order valence-corrected chi connectivity index (χ1v) is 5.00. The van der Waals surface area contributed by atoms with Crippen molar-refractivity contribution in [2.45, 2.75) is 0 Å². The minimum Gasteiger partial charge on any atom is -0.468 e. The van der Waals surface area contributed by atoms with Crippen LogP contribution in [0.2, 0.25) is 0 Å². The fourth-order valence-electron chi connectivity index (χ4n) is 0.710. The summed E-state index contributed by atoms with van der Waals surface area (Å²) in [5.41, 5.74) is 0. The highest BCUT2D eigenvalue weighted by Gasteiger charge is 2.04. The number of esters is 1. The second-order valence-corrected chi connectivity index (χ2v) is 3.83. The smallest absolute Gasteiger partial charge is 0.316 e. The van der Waals surface area contributed by atoms with E-state index >= 15 is 0 Å². The second kappa shape index (κ2) is 5.04. The number of carbonyl (C=O) groups excluding carboxylic acids is 1. The van der Waals surface area contributed by atoms with Gasteiger partial charge in [0.1, 0.15) is 4.32 Å². The molecule has 1 rings (SSSR count). The highest BCUT2D eigenvalue weighted by atomic mass is 32.2. The predicted octanol–water partition coefficient (Wildman–Crippen LogP) is 1.53. The molecule has 1 aromatic rings. The lowest BCUT2D eigenvalue weighted by Crippen LogP contribution is -2.09. The number of aromatic nitrogens is 1. The summed E-state index contributed by atoms with van der Waals surface area (Å²) in [5.74, 6) is -0.00689. The summed E-state index contributed by atoms with van der Waals surface area (Å²) < 4.78 is 6.92. The molecule has 0 spiro atoms. The Kier molecular flexibility index (Phi) is 3.98. The van der Waals surface area contributed by atoms with E-state index in [0.717, 1.165) is 0 Å². The number of nitrogens with zero attached hydrogens (tertiary/aromatic N) is 1. The fraction of sp³-hybridized carbons (Fsp3) is 0.250. The van der Waals surface area contributed by atoms with E-state index in [2.05, 4.69) is 4.74 Å². The van der Waals surface area contributed by atoms with Gasteiger partial charge in [-0.1, -0.05) is 24.0 Å². The Balaban J connectivity index is 2.39. The van der Waals surface area contributed by atoms with Crippen molar-refractivity contribution in [1.82, 2.24) is 4.57 Å². The lowest BCUT2D eigenvalue weighted by Gasteiger charge is -2.02. The van der Waals surface area contributed by atoms with Crippen molar-refractivity contribution < 1.29 is 9.53 Å². The van der Waals surface area contributed by atoms with Gasteiger partial charge in [0.05, 0.1) is 12.9 Å². The van der Waals surface area contributed by atoms with Gasteiger partial charge in [0, 0.05) is 12.4 Å². The molecule has 1 heterocycles. The lowest BCUT2D eigenvalue weighted by atomic mass is 10.7. The van der Waals surface area contributed by atoms with E-state index in [9.17, 15) is 4.79 Å². The molecule has 0 amide bonds. The van der Waals surface area contributed by atoms with Crippen LogP contribution < -0.4 is 0 Å². The van der Waals surface area contributed by atoms with Gasteiger partial charge < -0.3 is 9.30 Å². The van der Waals surface area contributed by atoms with Gasteiger partial charge in [-0.15, -0.1) is 0 Å². The van der Waals surface area contributed by atoms with Crippen LogP contribution in [0.5, 0.6) is 0 Å². The molecule has 0 aliphatic heterocycles. The molecule has 0 aliphatic carbocycles. The number of methoxy groups -OCH3 is 1. The summed E-state index contributed by atoms with van der Waals surface area (Å²) in [6, 6.07) is 3.76. The molecule has 5 heteroatoms. The Morgan fingerprint density at radius 3 is 2.69 bits per heavy atom. The topological polar surface area (TPSA) is 31.2 Å². The summed E-state index contributed by atoms with van der Waals surface area (Å²) in [7, 11) is 1.36. The van der Waals surface area contributed by atoms with Gasteiger partial charge in [-0.3, -0.25) is 4.79 Å². The van der Waals surface area contributed by atoms with E-state index in [1.807, 2.05) is 24.5 Å². The number of hydrogen-bond donors (Lipinski definition) is 0. The van der Waals surface area contributed by atoms with Gasteiger partial charge >= 0.3 is 5.97 Å². The summed E-state index contributed by atoms with van der Waals surface area (Å²) in [4.78, 5) is 10.8. The zero-order valence-corrected chi connectivity index (χ0v) is 8.73. The molecular weight excluding hydrogens is 206 g/mol. The molecule has 0 aliphatic rings. The maximum atomic E-state index is 10.8. The van der Waals surface area contributed by atoms with Crippen LogP contribution in [0.1, 0.15) is 0 Å². The molecule has 0 radical (unpaired) electrons. The van der Waals surface area contributed by atoms with Gasteiger partial charge in [0.15, 0.2) is 0 Å². The molecule has 0 saturated carbocycles. The number of thioether (sulfide) groups is 1. The quantitative estimate of drug-likeness (QED) is 0.553. The fourth-order valence-corrected chi connectivity index (χ4v) is 1.64. The molecule has 3 nitrogen and oxygen atoms in total. The summed E-state index contributed by atoms with van der Waals surface area (Å²) in [5, 5.41) is 0. The normalized spacial score (nSPS) is 9.62. The first-order valence-electron chi connectivity index (χ1n) is 3.61. The molecule has 0 fully saturated rings. The highest BCUT2D eigenvalue weighted by molar-refractivity contribution is 8.23. The van der Waals surface area contributed by atoms with Crippen molar-refractivity contribution in [2.75, 3.05) is 12.9 Å². The van der Waals surface area contributed by atoms with E-state index in [-0.39, 0.29) is 11.7 Å². The van der Waals surface area contributed by atoms with E-state index < -0.39 is 0 Å². The molecule has 13 heavy (non-hydrogen) atoms. The second-order valence-electron chi connectivity index (χ2n) is 2.22. The number of carbonyl (C=O) groups is 1. The monoisotopic (exact) mass is 215 g/mol. The third-order valence-electron chi connectivity index (χ3n) is 1.36. The van der Waals surface area contributed by atoms with E-state index in [1.165, 1.54) is 18.9 Å². The molecule has 0 saturated heterocycles. The average molecular weight is 215 g/mol. The Morgan fingerprint density at radius 2 is 2.15 bits per heavy atom. The zero-order valence-electron chi connectivity index (χ0n) is 7.10. The summed E-state index contributed by atoms with van der Waals surface area (Å²) >= 11 is 6.35. The lowest BCUT2D eigenvalue weighted by molar-refractivity contribution is -0.137. The van der Waals surface area contributed by atoms with Crippen molar-refractivity contribution in [3.05, 3.63) is 24.5 Å². The maximum Gasteiger partial charge on any atom is 0.316 e. The third-order valence-corrected chi connectivity index (χ3v) is 2.76. The van der Waals surface area contributed by atoms with Crippen LogP contribution in [0.4, 0.5) is 0 Å². The van der Waals surface area contributed by atoms with Crippen LogP contribution in [-0.4, -0.2) is 27.7 Å². The van der Waals surface area contributed by atoms with Crippen LogP contribution in [0, 0.1) is 0 Å². The number of thiocarbonyl (C=S) groups is 1. The SMILES string of the molecule is COC(=O)CSC(=S)n1cccc1. The number of rotatable bonds is 2.